The molecule has 1 N–H and O–H groups in total. The maximum atomic E-state index is 13.5. The Kier molecular flexibility index (Phi) is 6.81. The third kappa shape index (κ3) is 5.14. The van der Waals surface area contributed by atoms with Gasteiger partial charge in [-0.3, -0.25) is 9.59 Å². The third-order valence-electron chi connectivity index (χ3n) is 6.13. The summed E-state index contributed by atoms with van der Waals surface area (Å²) >= 11 is 0. The topological polar surface area (TPSA) is 49.4 Å². The van der Waals surface area contributed by atoms with Gasteiger partial charge in [-0.05, 0) is 44.4 Å². The van der Waals surface area contributed by atoms with Gasteiger partial charge < -0.3 is 10.2 Å². The fraction of sp³-hybridized carbons (Fsp3) is 0.286. The van der Waals surface area contributed by atoms with Crippen LogP contribution in [-0.2, 0) is 6.54 Å². The first-order valence-electron chi connectivity index (χ1n) is 11.3. The molecule has 1 fully saturated rings. The molecule has 1 aliphatic heterocycles. The van der Waals surface area contributed by atoms with E-state index in [4.69, 9.17) is 0 Å². The summed E-state index contributed by atoms with van der Waals surface area (Å²) in [6, 6.07) is 25.2. The van der Waals surface area contributed by atoms with Crippen LogP contribution in [0, 0.1) is 13.8 Å². The molecule has 1 heterocycles. The summed E-state index contributed by atoms with van der Waals surface area (Å²) in [6.07, 6.45) is 1.43. The molecule has 1 saturated heterocycles. The molecule has 4 heteroatoms. The molecule has 1 amide bonds. The van der Waals surface area contributed by atoms with Crippen molar-refractivity contribution in [1.29, 1.82) is 0 Å². The monoisotopic (exact) mass is 426 g/mol. The Hall–Kier alpha value is -3.24. The molecule has 0 bridgehead atoms. The van der Waals surface area contributed by atoms with Gasteiger partial charge in [0.1, 0.15) is 0 Å². The van der Waals surface area contributed by atoms with Crippen molar-refractivity contribution in [3.8, 4) is 0 Å². The Morgan fingerprint density at radius 3 is 2.16 bits per heavy atom. The zero-order valence-electron chi connectivity index (χ0n) is 18.8. The number of nitrogens with zero attached hydrogens (tertiary/aromatic N) is 1. The normalized spacial score (nSPS) is 18.4. The first kappa shape index (κ1) is 22.0. The van der Waals surface area contributed by atoms with Crippen LogP contribution in [0.5, 0.6) is 0 Å². The average molecular weight is 427 g/mol. The number of carbonyl (C=O) groups excluding carboxylic acids is 2. The van der Waals surface area contributed by atoms with E-state index in [2.05, 4.69) is 23.5 Å². The predicted octanol–water partition coefficient (Wildman–Crippen LogP) is 4.95. The maximum Gasteiger partial charge on any atom is 0.254 e. The second-order valence-electron chi connectivity index (χ2n) is 8.71. The lowest BCUT2D eigenvalue weighted by molar-refractivity contribution is 0.0513. The van der Waals surface area contributed by atoms with Gasteiger partial charge in [0.2, 0.25) is 0 Å². The number of piperidine rings is 1. The van der Waals surface area contributed by atoms with Crippen molar-refractivity contribution in [3.63, 3.8) is 0 Å². The van der Waals surface area contributed by atoms with E-state index in [1.807, 2.05) is 74.5 Å². The largest absolute Gasteiger partial charge is 0.328 e. The highest BCUT2D eigenvalue weighted by molar-refractivity contribution is 6.04. The second-order valence-corrected chi connectivity index (χ2v) is 8.71. The summed E-state index contributed by atoms with van der Waals surface area (Å²) in [5.74, 6) is -0.0536. The number of likely N-dealkylation sites (tertiary alicyclic amines) is 1. The van der Waals surface area contributed by atoms with Crippen LogP contribution < -0.4 is 5.32 Å². The quantitative estimate of drug-likeness (QED) is 0.568. The van der Waals surface area contributed by atoms with Crippen molar-refractivity contribution >= 4 is 11.7 Å². The predicted molar refractivity (Wildman–Crippen MR) is 128 cm³/mol. The van der Waals surface area contributed by atoms with E-state index < -0.39 is 6.04 Å². The highest BCUT2D eigenvalue weighted by Gasteiger charge is 2.36. The molecule has 2 unspecified atom stereocenters. The minimum Gasteiger partial charge on any atom is -0.328 e. The Morgan fingerprint density at radius 2 is 1.50 bits per heavy atom. The van der Waals surface area contributed by atoms with E-state index in [0.717, 1.165) is 24.1 Å². The molecule has 3 aromatic rings. The fourth-order valence-electron chi connectivity index (χ4n) is 4.56. The van der Waals surface area contributed by atoms with E-state index in [-0.39, 0.29) is 17.7 Å². The molecule has 0 aliphatic carbocycles. The first-order valence-corrected chi connectivity index (χ1v) is 11.3. The molecule has 4 rings (SSSR count). The molecule has 0 spiro atoms. The zero-order valence-corrected chi connectivity index (χ0v) is 18.8. The lowest BCUT2D eigenvalue weighted by Crippen LogP contribution is -2.54. The summed E-state index contributed by atoms with van der Waals surface area (Å²) in [5.41, 5.74) is 4.63. The van der Waals surface area contributed by atoms with Crippen molar-refractivity contribution in [1.82, 2.24) is 10.2 Å². The highest BCUT2D eigenvalue weighted by Crippen LogP contribution is 2.25. The number of nitrogens with one attached hydrogen (secondary N) is 1. The average Bonchev–Trinajstić information content (AvgIpc) is 2.82. The summed E-state index contributed by atoms with van der Waals surface area (Å²) in [7, 11) is 0. The number of hydrogen-bond donors (Lipinski definition) is 1. The number of rotatable bonds is 6. The van der Waals surface area contributed by atoms with Gasteiger partial charge in [-0.15, -0.1) is 0 Å². The van der Waals surface area contributed by atoms with Gasteiger partial charge in [0.05, 0.1) is 6.04 Å². The van der Waals surface area contributed by atoms with Crippen molar-refractivity contribution in [3.05, 3.63) is 107 Å². The smallest absolute Gasteiger partial charge is 0.254 e. The van der Waals surface area contributed by atoms with Crippen LogP contribution in [-0.4, -0.2) is 35.2 Å². The highest BCUT2D eigenvalue weighted by atomic mass is 16.2. The second kappa shape index (κ2) is 9.92. The zero-order chi connectivity index (χ0) is 22.5. The fourth-order valence-corrected chi connectivity index (χ4v) is 4.56. The molecular weight excluding hydrogens is 396 g/mol. The van der Waals surface area contributed by atoms with Gasteiger partial charge >= 0.3 is 0 Å². The molecule has 4 nitrogen and oxygen atoms in total. The van der Waals surface area contributed by atoms with E-state index in [1.54, 1.807) is 4.90 Å². The summed E-state index contributed by atoms with van der Waals surface area (Å²) in [5, 5.41) is 3.60. The first-order chi connectivity index (χ1) is 15.5. The number of aryl methyl sites for hydroxylation is 2. The van der Waals surface area contributed by atoms with Crippen LogP contribution in [0.4, 0.5) is 0 Å². The molecule has 32 heavy (non-hydrogen) atoms. The van der Waals surface area contributed by atoms with Crippen molar-refractivity contribution in [2.75, 3.05) is 6.54 Å². The van der Waals surface area contributed by atoms with Gasteiger partial charge in [0.25, 0.3) is 5.91 Å². The minimum atomic E-state index is -0.479. The number of amides is 1. The van der Waals surface area contributed by atoms with E-state index >= 15 is 0 Å². The van der Waals surface area contributed by atoms with Crippen LogP contribution >= 0.6 is 0 Å². The van der Waals surface area contributed by atoms with Gasteiger partial charge in [0.15, 0.2) is 5.78 Å². The summed E-state index contributed by atoms with van der Waals surface area (Å²) in [6.45, 7) is 5.30. The van der Waals surface area contributed by atoms with Crippen molar-refractivity contribution in [2.24, 2.45) is 0 Å². The van der Waals surface area contributed by atoms with Gasteiger partial charge in [0, 0.05) is 30.3 Å². The Labute approximate surface area is 190 Å². The summed E-state index contributed by atoms with van der Waals surface area (Å²) < 4.78 is 0. The van der Waals surface area contributed by atoms with Crippen molar-refractivity contribution < 1.29 is 9.59 Å². The molecule has 2 atom stereocenters. The van der Waals surface area contributed by atoms with Crippen LogP contribution in [0.15, 0.2) is 78.9 Å². The number of Topliss-reactive ketones (excluding diaryl/α,β-unsaturated/α-hetero) is 1. The van der Waals surface area contributed by atoms with Crippen LogP contribution in [0.2, 0.25) is 0 Å². The number of hydrogen-bond acceptors (Lipinski definition) is 3. The van der Waals surface area contributed by atoms with Crippen LogP contribution in [0.1, 0.15) is 50.2 Å². The Morgan fingerprint density at radius 1 is 0.875 bits per heavy atom. The van der Waals surface area contributed by atoms with Crippen molar-refractivity contribution in [2.45, 2.75) is 45.3 Å². The maximum absolute atomic E-state index is 13.5. The standard InChI is InChI=1S/C28H30N2O2/c1-20-15-21(2)17-24(16-20)28(32)30-14-13-25(29-19-22-9-5-3-6-10-22)18-26(30)27(31)23-11-7-4-8-12-23/h3-12,15-17,25-26,29H,13-14,18-19H2,1-2H3. The number of carbonyl (C=O) groups is 2. The van der Waals surface area contributed by atoms with Gasteiger partial charge in [-0.1, -0.05) is 77.9 Å². The SMILES string of the molecule is Cc1cc(C)cc(C(=O)N2CCC(NCc3ccccc3)CC2C(=O)c2ccccc2)c1. The molecule has 0 radical (unpaired) electrons. The number of benzene rings is 3. The molecule has 3 aromatic carbocycles. The lowest BCUT2D eigenvalue weighted by Gasteiger charge is -2.39. The van der Waals surface area contributed by atoms with Gasteiger partial charge in [-0.2, -0.15) is 0 Å². The van der Waals surface area contributed by atoms with Crippen LogP contribution in [0.25, 0.3) is 0 Å². The lowest BCUT2D eigenvalue weighted by atomic mass is 9.90. The van der Waals surface area contributed by atoms with Crippen LogP contribution in [0.3, 0.4) is 0 Å². The summed E-state index contributed by atoms with van der Waals surface area (Å²) in [4.78, 5) is 28.7. The Balaban J connectivity index is 1.56. The molecule has 1 aliphatic rings. The van der Waals surface area contributed by atoms with E-state index in [9.17, 15) is 9.59 Å². The molecule has 0 saturated carbocycles. The molecule has 164 valence electrons. The van der Waals surface area contributed by atoms with E-state index in [0.29, 0.717) is 24.1 Å². The van der Waals surface area contributed by atoms with E-state index in [1.165, 1.54) is 5.56 Å². The third-order valence-corrected chi connectivity index (χ3v) is 6.13. The Bertz CT molecular complexity index is 1060. The number of ketones is 1. The minimum absolute atomic E-state index is 0.00883. The molecule has 0 aromatic heterocycles. The van der Waals surface area contributed by atoms with Gasteiger partial charge in [-0.25, -0.2) is 0 Å². The molecular formula is C28H30N2O2.